The maximum atomic E-state index is 12.8. The largest absolute Gasteiger partial charge is 0.497 e. The lowest BCUT2D eigenvalue weighted by molar-refractivity contribution is 0.0299. The molecule has 9 heteroatoms. The molecule has 2 aromatic carbocycles. The Morgan fingerprint density at radius 2 is 1.78 bits per heavy atom. The van der Waals surface area contributed by atoms with E-state index < -0.39 is 0 Å². The Morgan fingerprint density at radius 1 is 1.06 bits per heavy atom. The number of nitrogens with zero attached hydrogens (tertiary/aromatic N) is 4. The van der Waals surface area contributed by atoms with E-state index in [0.29, 0.717) is 61.1 Å². The smallest absolute Gasteiger partial charge is 0.274 e. The van der Waals surface area contributed by atoms with Gasteiger partial charge < -0.3 is 29.1 Å². The molecule has 0 unspecified atom stereocenters. The van der Waals surface area contributed by atoms with E-state index in [4.69, 9.17) is 14.2 Å². The van der Waals surface area contributed by atoms with E-state index in [1.807, 2.05) is 35.2 Å². The summed E-state index contributed by atoms with van der Waals surface area (Å²) in [6.45, 7) is 2.43. The van der Waals surface area contributed by atoms with Crippen molar-refractivity contribution in [3.8, 4) is 11.5 Å². The average Bonchev–Trinajstić information content (AvgIpc) is 2.86. The van der Waals surface area contributed by atoms with Gasteiger partial charge in [-0.05, 0) is 18.2 Å². The molecule has 168 valence electrons. The van der Waals surface area contributed by atoms with Gasteiger partial charge in [0.15, 0.2) is 0 Å². The number of anilines is 2. The van der Waals surface area contributed by atoms with Crippen LogP contribution in [0.2, 0.25) is 0 Å². The van der Waals surface area contributed by atoms with Crippen molar-refractivity contribution in [1.29, 1.82) is 0 Å². The van der Waals surface area contributed by atoms with E-state index in [1.165, 1.54) is 6.20 Å². The minimum atomic E-state index is -0.155. The van der Waals surface area contributed by atoms with E-state index >= 15 is 0 Å². The molecule has 0 aliphatic carbocycles. The highest BCUT2D eigenvalue weighted by molar-refractivity contribution is 5.94. The van der Waals surface area contributed by atoms with Crippen molar-refractivity contribution >= 4 is 28.3 Å². The number of rotatable bonds is 7. The number of aliphatic hydroxyl groups is 1. The van der Waals surface area contributed by atoms with E-state index in [0.717, 1.165) is 11.4 Å². The predicted octanol–water partition coefficient (Wildman–Crippen LogP) is 2.25. The summed E-state index contributed by atoms with van der Waals surface area (Å²) in [6.07, 6.45) is 1.51. The fourth-order valence-electron chi connectivity index (χ4n) is 3.65. The normalized spacial score (nSPS) is 13.8. The lowest BCUT2D eigenvalue weighted by atomic mass is 10.2. The van der Waals surface area contributed by atoms with E-state index in [2.05, 4.69) is 9.97 Å². The number of hydrogen-bond donors (Lipinski definition) is 1. The summed E-state index contributed by atoms with van der Waals surface area (Å²) in [5, 5.41) is 9.69. The number of fused-ring (bicyclic) bond motifs is 1. The molecule has 0 radical (unpaired) electrons. The second kappa shape index (κ2) is 9.80. The van der Waals surface area contributed by atoms with Gasteiger partial charge in [-0.3, -0.25) is 9.78 Å². The Balaban J connectivity index is 1.71. The number of ether oxygens (including phenoxy) is 3. The molecule has 4 rings (SSSR count). The van der Waals surface area contributed by atoms with E-state index in [-0.39, 0.29) is 12.5 Å². The Kier molecular flexibility index (Phi) is 6.67. The number of benzene rings is 2. The van der Waals surface area contributed by atoms with Crippen LogP contribution in [0.1, 0.15) is 10.5 Å². The van der Waals surface area contributed by atoms with E-state index in [1.54, 1.807) is 25.2 Å². The zero-order valence-corrected chi connectivity index (χ0v) is 18.2. The lowest BCUT2D eigenvalue weighted by Gasteiger charge is -2.26. The summed E-state index contributed by atoms with van der Waals surface area (Å²) in [5.41, 5.74) is 3.17. The summed E-state index contributed by atoms with van der Waals surface area (Å²) in [6, 6.07) is 11.1. The van der Waals surface area contributed by atoms with Crippen LogP contribution < -0.4 is 14.4 Å². The molecule has 1 aromatic heterocycles. The summed E-state index contributed by atoms with van der Waals surface area (Å²) < 4.78 is 16.1. The first-order valence-electron chi connectivity index (χ1n) is 10.4. The second-order valence-electron chi connectivity index (χ2n) is 7.28. The second-order valence-corrected chi connectivity index (χ2v) is 7.28. The first-order valence-corrected chi connectivity index (χ1v) is 10.4. The van der Waals surface area contributed by atoms with Crippen LogP contribution in [0.15, 0.2) is 42.6 Å². The van der Waals surface area contributed by atoms with Crippen molar-refractivity contribution in [3.05, 3.63) is 48.3 Å². The molecule has 1 aliphatic rings. The molecule has 1 saturated heterocycles. The Bertz CT molecular complexity index is 1080. The Hall–Kier alpha value is -3.43. The monoisotopic (exact) mass is 438 g/mol. The Labute approximate surface area is 186 Å². The quantitative estimate of drug-likeness (QED) is 0.600. The number of aliphatic hydroxyl groups excluding tert-OH is 1. The summed E-state index contributed by atoms with van der Waals surface area (Å²) >= 11 is 0. The summed E-state index contributed by atoms with van der Waals surface area (Å²) in [5.74, 6) is 1.13. The van der Waals surface area contributed by atoms with Crippen molar-refractivity contribution in [2.24, 2.45) is 0 Å². The van der Waals surface area contributed by atoms with Crippen LogP contribution in [0.4, 0.5) is 11.4 Å². The van der Waals surface area contributed by atoms with Gasteiger partial charge in [0.2, 0.25) is 0 Å². The fraction of sp³-hybridized carbons (Fsp3) is 0.348. The third kappa shape index (κ3) is 4.58. The maximum absolute atomic E-state index is 12.8. The van der Waals surface area contributed by atoms with Crippen molar-refractivity contribution < 1.29 is 24.1 Å². The standard InChI is InChI=1S/C23H26N4O5/c1-30-18-11-17(12-19(14-18)31-2)27(5-8-28)16-3-4-20-21(13-16)25-22(15-24-20)23(29)26-6-9-32-10-7-26/h3-4,11-15,28H,5-10H2,1-2H3. The van der Waals surface area contributed by atoms with Crippen molar-refractivity contribution in [2.75, 3.05) is 58.6 Å². The highest BCUT2D eigenvalue weighted by Crippen LogP contribution is 2.33. The molecule has 2 heterocycles. The highest BCUT2D eigenvalue weighted by Gasteiger charge is 2.21. The number of carbonyl (C=O) groups excluding carboxylic acids is 1. The van der Waals surface area contributed by atoms with Crippen molar-refractivity contribution in [1.82, 2.24) is 14.9 Å². The first-order chi connectivity index (χ1) is 15.6. The summed E-state index contributed by atoms with van der Waals surface area (Å²) in [4.78, 5) is 25.5. The van der Waals surface area contributed by atoms with Gasteiger partial charge in [-0.15, -0.1) is 0 Å². The minimum Gasteiger partial charge on any atom is -0.497 e. The molecule has 0 bridgehead atoms. The third-order valence-corrected chi connectivity index (χ3v) is 5.33. The van der Waals surface area contributed by atoms with Crippen LogP contribution in [0.25, 0.3) is 11.0 Å². The number of carbonyl (C=O) groups is 1. The fourth-order valence-corrected chi connectivity index (χ4v) is 3.65. The maximum Gasteiger partial charge on any atom is 0.274 e. The van der Waals surface area contributed by atoms with Gasteiger partial charge in [0.1, 0.15) is 17.2 Å². The van der Waals surface area contributed by atoms with Gasteiger partial charge in [-0.2, -0.15) is 0 Å². The van der Waals surface area contributed by atoms with Crippen molar-refractivity contribution in [3.63, 3.8) is 0 Å². The van der Waals surface area contributed by atoms with Crippen LogP contribution in [0.3, 0.4) is 0 Å². The van der Waals surface area contributed by atoms with Crippen LogP contribution in [-0.2, 0) is 4.74 Å². The van der Waals surface area contributed by atoms with Gasteiger partial charge in [0, 0.05) is 49.2 Å². The topological polar surface area (TPSA) is 97.3 Å². The van der Waals surface area contributed by atoms with Crippen molar-refractivity contribution in [2.45, 2.75) is 0 Å². The zero-order valence-electron chi connectivity index (χ0n) is 18.2. The number of methoxy groups -OCH3 is 2. The van der Waals surface area contributed by atoms with Gasteiger partial charge >= 0.3 is 0 Å². The minimum absolute atomic E-state index is 0.0567. The van der Waals surface area contributed by atoms with Gasteiger partial charge in [0.25, 0.3) is 5.91 Å². The number of hydrogen-bond acceptors (Lipinski definition) is 8. The van der Waals surface area contributed by atoms with Crippen LogP contribution in [-0.4, -0.2) is 79.6 Å². The first kappa shape index (κ1) is 21.8. The number of morpholine rings is 1. The number of aromatic nitrogens is 2. The molecule has 0 spiro atoms. The molecule has 0 atom stereocenters. The van der Waals surface area contributed by atoms with Crippen LogP contribution in [0, 0.1) is 0 Å². The Morgan fingerprint density at radius 3 is 2.44 bits per heavy atom. The number of amides is 1. The average molecular weight is 438 g/mol. The predicted molar refractivity (Wildman–Crippen MR) is 120 cm³/mol. The molecular weight excluding hydrogens is 412 g/mol. The molecule has 1 amide bonds. The van der Waals surface area contributed by atoms with Gasteiger partial charge in [-0.1, -0.05) is 0 Å². The van der Waals surface area contributed by atoms with Gasteiger partial charge in [-0.25, -0.2) is 4.98 Å². The molecule has 9 nitrogen and oxygen atoms in total. The zero-order chi connectivity index (χ0) is 22.5. The SMILES string of the molecule is COc1cc(OC)cc(N(CCO)c2ccc3ncc(C(=O)N4CCOCC4)nc3c2)c1. The third-order valence-electron chi connectivity index (χ3n) is 5.33. The highest BCUT2D eigenvalue weighted by atomic mass is 16.5. The lowest BCUT2D eigenvalue weighted by Crippen LogP contribution is -2.41. The summed E-state index contributed by atoms with van der Waals surface area (Å²) in [7, 11) is 3.18. The molecule has 0 saturated carbocycles. The molecule has 1 fully saturated rings. The molecule has 3 aromatic rings. The van der Waals surface area contributed by atoms with E-state index in [9.17, 15) is 9.90 Å². The molecular formula is C23H26N4O5. The molecule has 1 N–H and O–H groups in total. The van der Waals surface area contributed by atoms with Gasteiger partial charge in [0.05, 0.1) is 51.3 Å². The van der Waals surface area contributed by atoms with Crippen LogP contribution >= 0.6 is 0 Å². The molecule has 32 heavy (non-hydrogen) atoms. The van der Waals surface area contributed by atoms with Crippen LogP contribution in [0.5, 0.6) is 11.5 Å². The molecule has 1 aliphatic heterocycles.